The zero-order valence-electron chi connectivity index (χ0n) is 10.2. The van der Waals surface area contributed by atoms with E-state index in [1.807, 2.05) is 23.7 Å². The van der Waals surface area contributed by atoms with Crippen LogP contribution in [0.15, 0.2) is 17.0 Å². The number of hydrogen-bond acceptors (Lipinski definition) is 4. The Hall–Kier alpha value is -0.980. The number of fused-ring (bicyclic) bond motifs is 1. The summed E-state index contributed by atoms with van der Waals surface area (Å²) >= 11 is 3.53. The van der Waals surface area contributed by atoms with Gasteiger partial charge in [-0.05, 0) is 22.9 Å². The molecule has 1 atom stereocenters. The molecule has 1 saturated heterocycles. The van der Waals surface area contributed by atoms with Crippen LogP contribution in [-0.4, -0.2) is 40.2 Å². The van der Waals surface area contributed by atoms with Gasteiger partial charge in [-0.1, -0.05) is 0 Å². The Bertz CT molecular complexity index is 562. The van der Waals surface area contributed by atoms with Gasteiger partial charge >= 0.3 is 0 Å². The number of halogens is 1. The summed E-state index contributed by atoms with van der Waals surface area (Å²) in [6.07, 6.45) is 2.87. The van der Waals surface area contributed by atoms with Gasteiger partial charge in [-0.15, -0.1) is 0 Å². The predicted molar refractivity (Wildman–Crippen MR) is 71.7 cm³/mol. The zero-order valence-corrected chi connectivity index (χ0v) is 11.8. The fraction of sp³-hybridized carbons (Fsp3) is 0.500. The van der Waals surface area contributed by atoms with E-state index in [0.717, 1.165) is 47.8 Å². The smallest absolute Gasteiger partial charge is 0.141 e. The lowest BCUT2D eigenvalue weighted by Gasteiger charge is -2.23. The van der Waals surface area contributed by atoms with E-state index in [0.29, 0.717) is 0 Å². The Morgan fingerprint density at radius 3 is 3.28 bits per heavy atom. The maximum absolute atomic E-state index is 5.73. The first-order chi connectivity index (χ1) is 8.74. The van der Waals surface area contributed by atoms with E-state index < -0.39 is 0 Å². The SMILES string of the molecule is Cc1cc2nc(Br)c(CC3CNCCO3)n2cn1. The Morgan fingerprint density at radius 2 is 2.50 bits per heavy atom. The Balaban J connectivity index is 1.92. The van der Waals surface area contributed by atoms with Crippen LogP contribution in [0.2, 0.25) is 0 Å². The monoisotopic (exact) mass is 310 g/mol. The maximum atomic E-state index is 5.73. The molecule has 18 heavy (non-hydrogen) atoms. The van der Waals surface area contributed by atoms with Crippen molar-refractivity contribution in [3.8, 4) is 0 Å². The number of hydrogen-bond donors (Lipinski definition) is 1. The molecule has 3 rings (SSSR count). The first-order valence-electron chi connectivity index (χ1n) is 6.05. The van der Waals surface area contributed by atoms with E-state index in [1.54, 1.807) is 0 Å². The van der Waals surface area contributed by atoms with Crippen LogP contribution in [0, 0.1) is 6.92 Å². The standard InChI is InChI=1S/C12H15BrN4O/c1-8-4-11-16-12(13)10(17(11)7-15-8)5-9-6-14-2-3-18-9/h4,7,9,14H,2-3,5-6H2,1H3. The molecule has 0 radical (unpaired) electrons. The summed E-state index contributed by atoms with van der Waals surface area (Å²) in [7, 11) is 0. The van der Waals surface area contributed by atoms with Gasteiger partial charge in [-0.3, -0.25) is 4.40 Å². The van der Waals surface area contributed by atoms with E-state index in [1.165, 1.54) is 0 Å². The van der Waals surface area contributed by atoms with Crippen LogP contribution in [-0.2, 0) is 11.2 Å². The molecule has 0 amide bonds. The first kappa shape index (κ1) is 12.1. The molecule has 1 N–H and O–H groups in total. The van der Waals surface area contributed by atoms with Crippen molar-refractivity contribution in [2.45, 2.75) is 19.4 Å². The molecule has 0 bridgehead atoms. The van der Waals surface area contributed by atoms with Gasteiger partial charge in [-0.2, -0.15) is 0 Å². The van der Waals surface area contributed by atoms with Gasteiger partial charge in [-0.25, -0.2) is 9.97 Å². The van der Waals surface area contributed by atoms with Gasteiger partial charge < -0.3 is 10.1 Å². The maximum Gasteiger partial charge on any atom is 0.141 e. The van der Waals surface area contributed by atoms with Crippen LogP contribution < -0.4 is 5.32 Å². The molecule has 0 aliphatic carbocycles. The van der Waals surface area contributed by atoms with E-state index in [2.05, 4.69) is 31.2 Å². The largest absolute Gasteiger partial charge is 0.375 e. The van der Waals surface area contributed by atoms with E-state index in [9.17, 15) is 0 Å². The summed E-state index contributed by atoms with van der Waals surface area (Å²) in [6.45, 7) is 4.57. The topological polar surface area (TPSA) is 51.5 Å². The van der Waals surface area contributed by atoms with Crippen LogP contribution >= 0.6 is 15.9 Å². The number of aromatic nitrogens is 3. The van der Waals surface area contributed by atoms with Crippen LogP contribution in [0.1, 0.15) is 11.4 Å². The van der Waals surface area contributed by atoms with Crippen molar-refractivity contribution in [1.29, 1.82) is 0 Å². The lowest BCUT2D eigenvalue weighted by molar-refractivity contribution is 0.0284. The fourth-order valence-electron chi connectivity index (χ4n) is 2.21. The number of rotatable bonds is 2. The molecule has 1 unspecified atom stereocenters. The van der Waals surface area contributed by atoms with Gasteiger partial charge in [0.2, 0.25) is 0 Å². The second kappa shape index (κ2) is 4.95. The highest BCUT2D eigenvalue weighted by Crippen LogP contribution is 2.20. The number of nitrogens with one attached hydrogen (secondary N) is 1. The summed E-state index contributed by atoms with van der Waals surface area (Å²) < 4.78 is 8.64. The van der Waals surface area contributed by atoms with Crippen molar-refractivity contribution in [2.75, 3.05) is 19.7 Å². The summed E-state index contributed by atoms with van der Waals surface area (Å²) in [5, 5.41) is 3.34. The molecule has 1 fully saturated rings. The van der Waals surface area contributed by atoms with Gasteiger partial charge in [0.15, 0.2) is 0 Å². The van der Waals surface area contributed by atoms with Gasteiger partial charge in [0.25, 0.3) is 0 Å². The molecule has 5 nitrogen and oxygen atoms in total. The Labute approximate surface area is 114 Å². The quantitative estimate of drug-likeness (QED) is 0.909. The lowest BCUT2D eigenvalue weighted by Crippen LogP contribution is -2.39. The van der Waals surface area contributed by atoms with Crippen molar-refractivity contribution in [1.82, 2.24) is 19.7 Å². The van der Waals surface area contributed by atoms with Crippen LogP contribution in [0.5, 0.6) is 0 Å². The summed E-state index contributed by atoms with van der Waals surface area (Å²) in [4.78, 5) is 8.82. The minimum atomic E-state index is 0.205. The van der Waals surface area contributed by atoms with E-state index >= 15 is 0 Å². The molecule has 6 heteroatoms. The average Bonchev–Trinajstić information content (AvgIpc) is 2.66. The van der Waals surface area contributed by atoms with Crippen molar-refractivity contribution in [3.63, 3.8) is 0 Å². The lowest BCUT2D eigenvalue weighted by atomic mass is 10.2. The molecular formula is C12H15BrN4O. The number of aryl methyl sites for hydroxylation is 1. The molecule has 96 valence electrons. The van der Waals surface area contributed by atoms with Gasteiger partial charge in [0, 0.05) is 31.3 Å². The minimum Gasteiger partial charge on any atom is -0.375 e. The molecule has 1 aliphatic rings. The van der Waals surface area contributed by atoms with Crippen molar-refractivity contribution >= 4 is 21.6 Å². The highest BCUT2D eigenvalue weighted by atomic mass is 79.9. The third-order valence-electron chi connectivity index (χ3n) is 3.13. The summed E-state index contributed by atoms with van der Waals surface area (Å²) in [6, 6.07) is 1.98. The third kappa shape index (κ3) is 2.28. The van der Waals surface area contributed by atoms with E-state index in [-0.39, 0.29) is 6.10 Å². The van der Waals surface area contributed by atoms with Gasteiger partial charge in [0.1, 0.15) is 16.6 Å². The minimum absolute atomic E-state index is 0.205. The Kier molecular flexibility index (Phi) is 3.32. The highest BCUT2D eigenvalue weighted by molar-refractivity contribution is 9.10. The summed E-state index contributed by atoms with van der Waals surface area (Å²) in [5.74, 6) is 0. The third-order valence-corrected chi connectivity index (χ3v) is 3.76. The van der Waals surface area contributed by atoms with Crippen LogP contribution in [0.25, 0.3) is 5.65 Å². The number of ether oxygens (including phenoxy) is 1. The van der Waals surface area contributed by atoms with Gasteiger partial charge in [0.05, 0.1) is 18.4 Å². The predicted octanol–water partition coefficient (Wildman–Crippen LogP) is 1.33. The molecule has 3 heterocycles. The van der Waals surface area contributed by atoms with Crippen molar-refractivity contribution < 1.29 is 4.74 Å². The van der Waals surface area contributed by atoms with Crippen molar-refractivity contribution in [2.24, 2.45) is 0 Å². The number of nitrogens with zero attached hydrogens (tertiary/aromatic N) is 3. The summed E-state index contributed by atoms with van der Waals surface area (Å²) in [5.41, 5.74) is 3.02. The first-order valence-corrected chi connectivity index (χ1v) is 6.85. The zero-order chi connectivity index (χ0) is 12.5. The van der Waals surface area contributed by atoms with Crippen molar-refractivity contribution in [3.05, 3.63) is 28.4 Å². The molecule has 2 aromatic rings. The van der Waals surface area contributed by atoms with Crippen LogP contribution in [0.3, 0.4) is 0 Å². The van der Waals surface area contributed by atoms with Crippen LogP contribution in [0.4, 0.5) is 0 Å². The molecule has 0 saturated carbocycles. The molecule has 1 aliphatic heterocycles. The normalized spacial score (nSPS) is 20.4. The van der Waals surface area contributed by atoms with E-state index in [4.69, 9.17) is 4.74 Å². The molecule has 0 spiro atoms. The second-order valence-electron chi connectivity index (χ2n) is 4.51. The number of imidazole rings is 1. The fourth-order valence-corrected chi connectivity index (χ4v) is 2.74. The Morgan fingerprint density at radius 1 is 1.61 bits per heavy atom. The average molecular weight is 311 g/mol. The second-order valence-corrected chi connectivity index (χ2v) is 5.26. The number of morpholine rings is 1. The highest BCUT2D eigenvalue weighted by Gasteiger charge is 2.19. The molecular weight excluding hydrogens is 296 g/mol. The molecule has 2 aromatic heterocycles. The molecule has 0 aromatic carbocycles.